The van der Waals surface area contributed by atoms with E-state index in [1.165, 1.54) is 24.1 Å². The normalized spacial score (nSPS) is 13.1. The van der Waals surface area contributed by atoms with Gasteiger partial charge in [0, 0.05) is 22.0 Å². The number of fused-ring (bicyclic) bond motifs is 1. The van der Waals surface area contributed by atoms with Gasteiger partial charge >= 0.3 is 0 Å². The highest BCUT2D eigenvalue weighted by atomic mass is 32.1. The first-order valence-electron chi connectivity index (χ1n) is 6.19. The monoisotopic (exact) mass is 254 g/mol. The summed E-state index contributed by atoms with van der Waals surface area (Å²) < 4.78 is 0. The van der Waals surface area contributed by atoms with Crippen molar-refractivity contribution in [3.05, 3.63) is 51.2 Å². The zero-order valence-electron chi connectivity index (χ0n) is 10.1. The van der Waals surface area contributed by atoms with Gasteiger partial charge in [0.05, 0.1) is 11.6 Å². The summed E-state index contributed by atoms with van der Waals surface area (Å²) in [6, 6.07) is 12.1. The average Bonchev–Trinajstić information content (AvgIpc) is 2.97. The Morgan fingerprint density at radius 1 is 1.28 bits per heavy atom. The van der Waals surface area contributed by atoms with Crippen LogP contribution >= 0.6 is 11.3 Å². The fourth-order valence-corrected chi connectivity index (χ4v) is 3.57. The van der Waals surface area contributed by atoms with Crippen molar-refractivity contribution < 1.29 is 0 Å². The van der Waals surface area contributed by atoms with Crippen LogP contribution in [0.1, 0.15) is 27.3 Å². The van der Waals surface area contributed by atoms with Crippen LogP contribution in [0.3, 0.4) is 0 Å². The second kappa shape index (κ2) is 4.83. The van der Waals surface area contributed by atoms with Gasteiger partial charge in [-0.2, -0.15) is 5.26 Å². The molecule has 3 heteroatoms. The molecular formula is C15H14N2S. The third kappa shape index (κ3) is 2.25. The molecular weight excluding hydrogens is 240 g/mol. The van der Waals surface area contributed by atoms with Gasteiger partial charge in [0.1, 0.15) is 0 Å². The second-order valence-electron chi connectivity index (χ2n) is 4.56. The Hall–Kier alpha value is -1.79. The van der Waals surface area contributed by atoms with Gasteiger partial charge in [0.25, 0.3) is 0 Å². The SMILES string of the molecule is N#Cc1cccc(NCc2cc3c(s2)CCC3)c1. The highest BCUT2D eigenvalue weighted by molar-refractivity contribution is 7.12. The lowest BCUT2D eigenvalue weighted by Crippen LogP contribution is -1.97. The number of nitrogens with zero attached hydrogens (tertiary/aromatic N) is 1. The second-order valence-corrected chi connectivity index (χ2v) is 5.78. The molecule has 1 aromatic heterocycles. The molecule has 2 aromatic rings. The van der Waals surface area contributed by atoms with Crippen molar-refractivity contribution in [2.45, 2.75) is 25.8 Å². The topological polar surface area (TPSA) is 35.8 Å². The molecule has 0 radical (unpaired) electrons. The van der Waals surface area contributed by atoms with Crippen LogP contribution in [0.2, 0.25) is 0 Å². The van der Waals surface area contributed by atoms with Crippen molar-refractivity contribution in [2.24, 2.45) is 0 Å². The Morgan fingerprint density at radius 3 is 3.06 bits per heavy atom. The van der Waals surface area contributed by atoms with Crippen molar-refractivity contribution >= 4 is 17.0 Å². The molecule has 0 fully saturated rings. The Bertz CT molecular complexity index is 586. The maximum Gasteiger partial charge on any atom is 0.0992 e. The number of benzene rings is 1. The number of rotatable bonds is 3. The van der Waals surface area contributed by atoms with E-state index in [9.17, 15) is 0 Å². The van der Waals surface area contributed by atoms with Crippen molar-refractivity contribution in [1.29, 1.82) is 5.26 Å². The Morgan fingerprint density at radius 2 is 2.22 bits per heavy atom. The molecule has 1 heterocycles. The van der Waals surface area contributed by atoms with Crippen molar-refractivity contribution in [3.63, 3.8) is 0 Å². The van der Waals surface area contributed by atoms with Crippen molar-refractivity contribution in [3.8, 4) is 6.07 Å². The van der Waals surface area contributed by atoms with E-state index < -0.39 is 0 Å². The number of hydrogen-bond acceptors (Lipinski definition) is 3. The summed E-state index contributed by atoms with van der Waals surface area (Å²) in [5.41, 5.74) is 3.26. The van der Waals surface area contributed by atoms with E-state index in [1.807, 2.05) is 35.6 Å². The quantitative estimate of drug-likeness (QED) is 0.906. The summed E-state index contributed by atoms with van der Waals surface area (Å²) in [6.07, 6.45) is 3.82. The molecule has 1 N–H and O–H groups in total. The first-order valence-corrected chi connectivity index (χ1v) is 7.01. The Balaban J connectivity index is 1.68. The van der Waals surface area contributed by atoms with Gasteiger partial charge in [0.2, 0.25) is 0 Å². The predicted octanol–water partition coefficient (Wildman–Crippen LogP) is 3.72. The molecule has 18 heavy (non-hydrogen) atoms. The van der Waals surface area contributed by atoms with Crippen LogP contribution in [0.25, 0.3) is 0 Å². The van der Waals surface area contributed by atoms with E-state index in [1.54, 1.807) is 10.4 Å². The van der Waals surface area contributed by atoms with Crippen molar-refractivity contribution in [1.82, 2.24) is 0 Å². The molecule has 3 rings (SSSR count). The predicted molar refractivity (Wildman–Crippen MR) is 74.8 cm³/mol. The van der Waals surface area contributed by atoms with Gasteiger partial charge < -0.3 is 5.32 Å². The Labute approximate surface area is 111 Å². The fraction of sp³-hybridized carbons (Fsp3) is 0.267. The number of nitrogens with one attached hydrogen (secondary N) is 1. The summed E-state index contributed by atoms with van der Waals surface area (Å²) in [5, 5.41) is 12.2. The van der Waals surface area contributed by atoms with Gasteiger partial charge in [-0.1, -0.05) is 6.07 Å². The molecule has 0 bridgehead atoms. The average molecular weight is 254 g/mol. The van der Waals surface area contributed by atoms with E-state index in [-0.39, 0.29) is 0 Å². The van der Waals surface area contributed by atoms with Crippen LogP contribution in [0.5, 0.6) is 0 Å². The first kappa shape index (κ1) is 11.3. The maximum absolute atomic E-state index is 8.85. The van der Waals surface area contributed by atoms with E-state index in [4.69, 9.17) is 5.26 Å². The zero-order valence-corrected chi connectivity index (χ0v) is 10.9. The molecule has 1 aliphatic carbocycles. The minimum atomic E-state index is 0.702. The molecule has 0 atom stereocenters. The van der Waals surface area contributed by atoms with Gasteiger partial charge in [-0.15, -0.1) is 11.3 Å². The lowest BCUT2D eigenvalue weighted by atomic mass is 10.2. The highest BCUT2D eigenvalue weighted by Gasteiger charge is 2.14. The third-order valence-corrected chi connectivity index (χ3v) is 4.49. The van der Waals surface area contributed by atoms with Crippen LogP contribution in [0, 0.1) is 11.3 Å². The molecule has 0 saturated carbocycles. The molecule has 90 valence electrons. The lowest BCUT2D eigenvalue weighted by molar-refractivity contribution is 0.913. The lowest BCUT2D eigenvalue weighted by Gasteiger charge is -2.04. The number of anilines is 1. The van der Waals surface area contributed by atoms with Crippen LogP contribution in [-0.2, 0) is 19.4 Å². The van der Waals surface area contributed by atoms with Gasteiger partial charge in [0.15, 0.2) is 0 Å². The smallest absolute Gasteiger partial charge is 0.0992 e. The molecule has 0 saturated heterocycles. The minimum Gasteiger partial charge on any atom is -0.380 e. The van der Waals surface area contributed by atoms with Crippen LogP contribution in [0.15, 0.2) is 30.3 Å². The molecule has 1 aliphatic rings. The first-order chi connectivity index (χ1) is 8.85. The summed E-state index contributed by atoms with van der Waals surface area (Å²) >= 11 is 1.92. The molecule has 1 aromatic carbocycles. The number of thiophene rings is 1. The minimum absolute atomic E-state index is 0.702. The van der Waals surface area contributed by atoms with Gasteiger partial charge in [-0.25, -0.2) is 0 Å². The van der Waals surface area contributed by atoms with E-state index in [0.717, 1.165) is 12.2 Å². The third-order valence-electron chi connectivity index (χ3n) is 3.26. The summed E-state index contributed by atoms with van der Waals surface area (Å²) in [5.74, 6) is 0. The summed E-state index contributed by atoms with van der Waals surface area (Å²) in [7, 11) is 0. The zero-order chi connectivity index (χ0) is 12.4. The molecule has 0 spiro atoms. The van der Waals surface area contributed by atoms with Crippen LogP contribution in [-0.4, -0.2) is 0 Å². The summed E-state index contributed by atoms with van der Waals surface area (Å²) in [6.45, 7) is 0.854. The molecule has 0 unspecified atom stereocenters. The van der Waals surface area contributed by atoms with Gasteiger partial charge in [-0.05, 0) is 49.1 Å². The molecule has 0 aliphatic heterocycles. The maximum atomic E-state index is 8.85. The fourth-order valence-electron chi connectivity index (χ4n) is 2.37. The van der Waals surface area contributed by atoms with E-state index in [0.29, 0.717) is 5.56 Å². The molecule has 2 nitrogen and oxygen atoms in total. The van der Waals surface area contributed by atoms with Gasteiger partial charge in [-0.3, -0.25) is 0 Å². The van der Waals surface area contributed by atoms with E-state index >= 15 is 0 Å². The molecule has 0 amide bonds. The van der Waals surface area contributed by atoms with Crippen LogP contribution < -0.4 is 5.32 Å². The Kier molecular flexibility index (Phi) is 3.04. The van der Waals surface area contributed by atoms with Crippen molar-refractivity contribution in [2.75, 3.05) is 5.32 Å². The van der Waals surface area contributed by atoms with E-state index in [2.05, 4.69) is 17.5 Å². The number of aryl methyl sites for hydroxylation is 2. The number of nitriles is 1. The largest absolute Gasteiger partial charge is 0.380 e. The van der Waals surface area contributed by atoms with Crippen LogP contribution in [0.4, 0.5) is 5.69 Å². The standard InChI is InChI=1S/C15H14N2S/c16-9-11-3-1-5-13(7-11)17-10-14-8-12-4-2-6-15(12)18-14/h1,3,5,7-8,17H,2,4,6,10H2. The highest BCUT2D eigenvalue weighted by Crippen LogP contribution is 2.30. The summed E-state index contributed by atoms with van der Waals surface area (Å²) in [4.78, 5) is 2.96. The number of hydrogen-bond donors (Lipinski definition) is 1.